The maximum atomic E-state index is 11.7. The first kappa shape index (κ1) is 12.1. The van der Waals surface area contributed by atoms with Gasteiger partial charge < -0.3 is 4.74 Å². The van der Waals surface area contributed by atoms with Crippen LogP contribution >= 0.6 is 0 Å². The fraction of sp³-hybridized carbons (Fsp3) is 0.143. The third kappa shape index (κ3) is 3.07. The quantitative estimate of drug-likeness (QED) is 0.649. The van der Waals surface area contributed by atoms with Gasteiger partial charge >= 0.3 is 0 Å². The molecule has 0 saturated carbocycles. The lowest BCUT2D eigenvalue weighted by Gasteiger charge is -2.02. The van der Waals surface area contributed by atoms with Crippen LogP contribution in [-0.2, 0) is 0 Å². The van der Waals surface area contributed by atoms with Crippen molar-refractivity contribution < 1.29 is 9.53 Å². The first-order chi connectivity index (χ1) is 8.79. The number of benzene rings is 1. The highest BCUT2D eigenvalue weighted by molar-refractivity contribution is 5.94. The van der Waals surface area contributed by atoms with Crippen LogP contribution in [0.4, 0.5) is 0 Å². The number of methoxy groups -OCH3 is 1. The largest absolute Gasteiger partial charge is 0.497 e. The smallest absolute Gasteiger partial charge is 0.271 e. The number of amides is 1. The molecule has 1 aromatic carbocycles. The van der Waals surface area contributed by atoms with Crippen LogP contribution in [0.1, 0.15) is 10.4 Å². The zero-order valence-electron chi connectivity index (χ0n) is 10.0. The van der Waals surface area contributed by atoms with Crippen LogP contribution in [0.15, 0.2) is 53.7 Å². The molecule has 0 saturated heterocycles. The lowest BCUT2D eigenvalue weighted by molar-refractivity contribution is 0.0955. The molecule has 0 heterocycles. The number of carbonyl (C=O) groups is 1. The Morgan fingerprint density at radius 3 is 2.56 bits per heavy atom. The van der Waals surface area contributed by atoms with Gasteiger partial charge in [0.15, 0.2) is 0 Å². The van der Waals surface area contributed by atoms with Gasteiger partial charge in [0, 0.05) is 17.7 Å². The minimum Gasteiger partial charge on any atom is -0.497 e. The Kier molecular flexibility index (Phi) is 3.91. The number of hydrogen-bond acceptors (Lipinski definition) is 3. The van der Waals surface area contributed by atoms with E-state index in [0.717, 1.165) is 5.75 Å². The van der Waals surface area contributed by atoms with Crippen molar-refractivity contribution in [3.8, 4) is 5.75 Å². The van der Waals surface area contributed by atoms with Crippen molar-refractivity contribution in [2.45, 2.75) is 0 Å². The summed E-state index contributed by atoms with van der Waals surface area (Å²) in [7, 11) is 1.59. The molecule has 4 nitrogen and oxygen atoms in total. The van der Waals surface area contributed by atoms with E-state index in [9.17, 15) is 4.79 Å². The summed E-state index contributed by atoms with van der Waals surface area (Å²) < 4.78 is 5.02. The van der Waals surface area contributed by atoms with Gasteiger partial charge in [-0.15, -0.1) is 0 Å². The van der Waals surface area contributed by atoms with E-state index in [1.165, 1.54) is 0 Å². The third-order valence-electron chi connectivity index (χ3n) is 2.54. The van der Waals surface area contributed by atoms with E-state index in [0.29, 0.717) is 5.56 Å². The van der Waals surface area contributed by atoms with Gasteiger partial charge in [0.2, 0.25) is 0 Å². The number of allylic oxidation sites excluding steroid dienone is 4. The summed E-state index contributed by atoms with van der Waals surface area (Å²) in [5.74, 6) is 0.650. The highest BCUT2D eigenvalue weighted by Crippen LogP contribution is 2.11. The number of ether oxygens (including phenoxy) is 1. The molecule has 1 aliphatic carbocycles. The lowest BCUT2D eigenvalue weighted by Crippen LogP contribution is -2.17. The molecule has 4 heteroatoms. The SMILES string of the molecule is COc1ccc(C(=O)NN=CC2C=CC=C2)cc1. The van der Waals surface area contributed by atoms with Gasteiger partial charge in [-0.2, -0.15) is 5.10 Å². The van der Waals surface area contributed by atoms with Gasteiger partial charge in [0.05, 0.1) is 7.11 Å². The summed E-state index contributed by atoms with van der Waals surface area (Å²) in [6, 6.07) is 6.86. The first-order valence-electron chi connectivity index (χ1n) is 5.62. The molecule has 0 spiro atoms. The Labute approximate surface area is 106 Å². The maximum absolute atomic E-state index is 11.7. The molecule has 0 unspecified atom stereocenters. The first-order valence-corrected chi connectivity index (χ1v) is 5.62. The van der Waals surface area contributed by atoms with Gasteiger partial charge in [-0.1, -0.05) is 24.3 Å². The van der Waals surface area contributed by atoms with E-state index >= 15 is 0 Å². The van der Waals surface area contributed by atoms with E-state index in [1.54, 1.807) is 37.6 Å². The summed E-state index contributed by atoms with van der Waals surface area (Å²) in [5, 5.41) is 3.91. The molecule has 18 heavy (non-hydrogen) atoms. The minimum absolute atomic E-state index is 0.168. The van der Waals surface area contributed by atoms with E-state index in [4.69, 9.17) is 4.74 Å². The van der Waals surface area contributed by atoms with Crippen LogP contribution < -0.4 is 10.2 Å². The summed E-state index contributed by atoms with van der Waals surface area (Å²) in [6.07, 6.45) is 9.55. The number of hydrazone groups is 1. The van der Waals surface area contributed by atoms with Gasteiger partial charge in [0.1, 0.15) is 5.75 Å². The molecule has 1 aliphatic rings. The minimum atomic E-state index is -0.236. The average molecular weight is 242 g/mol. The lowest BCUT2D eigenvalue weighted by atomic mass is 10.2. The van der Waals surface area contributed by atoms with Gasteiger partial charge in [-0.3, -0.25) is 4.79 Å². The normalized spacial score (nSPS) is 14.3. The number of rotatable bonds is 4. The Balaban J connectivity index is 1.90. The van der Waals surface area contributed by atoms with Gasteiger partial charge in [-0.05, 0) is 24.3 Å². The second-order valence-electron chi connectivity index (χ2n) is 3.79. The van der Waals surface area contributed by atoms with Gasteiger partial charge in [0.25, 0.3) is 5.91 Å². The van der Waals surface area contributed by atoms with Crippen molar-refractivity contribution in [3.05, 3.63) is 54.1 Å². The molecule has 0 bridgehead atoms. The fourth-order valence-electron chi connectivity index (χ4n) is 1.54. The monoisotopic (exact) mass is 242 g/mol. The van der Waals surface area contributed by atoms with Crippen LogP contribution in [-0.4, -0.2) is 19.2 Å². The van der Waals surface area contributed by atoms with Crippen molar-refractivity contribution in [2.75, 3.05) is 7.11 Å². The molecule has 0 fully saturated rings. The highest BCUT2D eigenvalue weighted by Gasteiger charge is 2.04. The Morgan fingerprint density at radius 1 is 1.28 bits per heavy atom. The van der Waals surface area contributed by atoms with Crippen LogP contribution in [0.5, 0.6) is 5.75 Å². The summed E-state index contributed by atoms with van der Waals surface area (Å²) in [4.78, 5) is 11.7. The third-order valence-corrected chi connectivity index (χ3v) is 2.54. The van der Waals surface area contributed by atoms with Crippen LogP contribution in [0.3, 0.4) is 0 Å². The predicted molar refractivity (Wildman–Crippen MR) is 70.7 cm³/mol. The van der Waals surface area contributed by atoms with Crippen LogP contribution in [0, 0.1) is 5.92 Å². The number of hydrogen-bond donors (Lipinski definition) is 1. The Morgan fingerprint density at radius 2 is 1.94 bits per heavy atom. The van der Waals surface area contributed by atoms with Crippen LogP contribution in [0.25, 0.3) is 0 Å². The molecule has 0 radical (unpaired) electrons. The van der Waals surface area contributed by atoms with Crippen molar-refractivity contribution in [2.24, 2.45) is 11.0 Å². The molecule has 1 amide bonds. The molecular formula is C14H14N2O2. The summed E-state index contributed by atoms with van der Waals surface area (Å²) >= 11 is 0. The van der Waals surface area contributed by atoms with E-state index in [1.807, 2.05) is 24.3 Å². The fourth-order valence-corrected chi connectivity index (χ4v) is 1.54. The van der Waals surface area contributed by atoms with Crippen molar-refractivity contribution in [3.63, 3.8) is 0 Å². The van der Waals surface area contributed by atoms with Gasteiger partial charge in [-0.25, -0.2) is 5.43 Å². The van der Waals surface area contributed by atoms with Crippen LogP contribution in [0.2, 0.25) is 0 Å². The molecule has 0 atom stereocenters. The van der Waals surface area contributed by atoms with Crippen molar-refractivity contribution >= 4 is 12.1 Å². The van der Waals surface area contributed by atoms with Crippen molar-refractivity contribution in [1.82, 2.24) is 5.43 Å². The summed E-state index contributed by atoms with van der Waals surface area (Å²) in [6.45, 7) is 0. The number of nitrogens with zero attached hydrogens (tertiary/aromatic N) is 1. The van der Waals surface area contributed by atoms with E-state index in [2.05, 4.69) is 10.5 Å². The zero-order chi connectivity index (χ0) is 12.8. The van der Waals surface area contributed by atoms with Crippen molar-refractivity contribution in [1.29, 1.82) is 0 Å². The molecule has 0 aromatic heterocycles. The average Bonchev–Trinajstić information content (AvgIpc) is 2.92. The Hall–Kier alpha value is -2.36. The number of carbonyl (C=O) groups excluding carboxylic acids is 1. The standard InChI is InChI=1S/C14H14N2O2/c1-18-13-8-6-12(7-9-13)14(17)16-15-10-11-4-2-3-5-11/h2-11H,1H3,(H,16,17). The maximum Gasteiger partial charge on any atom is 0.271 e. The molecule has 1 N–H and O–H groups in total. The predicted octanol–water partition coefficient (Wildman–Crippen LogP) is 2.15. The zero-order valence-corrected chi connectivity index (χ0v) is 10.0. The van der Waals surface area contributed by atoms with E-state index < -0.39 is 0 Å². The number of nitrogens with one attached hydrogen (secondary N) is 1. The molecule has 2 rings (SSSR count). The topological polar surface area (TPSA) is 50.7 Å². The molecule has 92 valence electrons. The summed E-state index contributed by atoms with van der Waals surface area (Å²) in [5.41, 5.74) is 3.03. The second-order valence-corrected chi connectivity index (χ2v) is 3.79. The molecule has 1 aromatic rings. The highest BCUT2D eigenvalue weighted by atomic mass is 16.5. The second kappa shape index (κ2) is 5.82. The molecule has 0 aliphatic heterocycles. The Bertz CT molecular complexity index is 489. The van der Waals surface area contributed by atoms with E-state index in [-0.39, 0.29) is 11.8 Å². The molecular weight excluding hydrogens is 228 g/mol.